The number of aliphatic carboxylic acids is 4. The molecule has 8 amide bonds. The van der Waals surface area contributed by atoms with E-state index in [0.717, 1.165) is 59.0 Å². The van der Waals surface area contributed by atoms with E-state index in [1.165, 1.54) is 0 Å². The summed E-state index contributed by atoms with van der Waals surface area (Å²) in [6, 6.07) is 29.2. The largest absolute Gasteiger partial charge is 0.480 e. The Labute approximate surface area is 621 Å². The zero-order chi connectivity index (χ0) is 71.2. The van der Waals surface area contributed by atoms with Gasteiger partial charge in [-0.1, -0.05) is 195 Å². The van der Waals surface area contributed by atoms with Crippen LogP contribution in [0, 0.1) is 21.7 Å². The van der Waals surface area contributed by atoms with Crippen molar-refractivity contribution in [3.8, 4) is 0 Å². The molecule has 0 bridgehead atoms. The van der Waals surface area contributed by atoms with Crippen molar-refractivity contribution in [1.29, 1.82) is 0 Å². The molecule has 0 aliphatic carbocycles. The molecule has 0 saturated heterocycles. The summed E-state index contributed by atoms with van der Waals surface area (Å²) in [6.45, 7) is 20.4. The Bertz CT molecular complexity index is 4110. The molecule has 98 heavy (non-hydrogen) atoms. The van der Waals surface area contributed by atoms with Gasteiger partial charge in [0.15, 0.2) is 0 Å². The minimum Gasteiger partial charge on any atom is -0.480 e. The summed E-state index contributed by atoms with van der Waals surface area (Å²) in [5.74, 6) is -9.36. The first-order chi connectivity index (χ1) is 44.6. The van der Waals surface area contributed by atoms with Crippen molar-refractivity contribution in [1.82, 2.24) is 19.6 Å². The summed E-state index contributed by atoms with van der Waals surface area (Å²) in [7, 11) is 0. The van der Waals surface area contributed by atoms with Gasteiger partial charge in [-0.3, -0.25) is 58.0 Å². The number of benzene rings is 8. The smallest absolute Gasteiger partial charge is 0.327 e. The van der Waals surface area contributed by atoms with Gasteiger partial charge in [-0.05, 0) is 116 Å². The number of imide groups is 4. The Kier molecular flexibility index (Phi) is 22.7. The van der Waals surface area contributed by atoms with E-state index in [2.05, 4.69) is 63.7 Å². The van der Waals surface area contributed by atoms with E-state index >= 15 is 0 Å². The van der Waals surface area contributed by atoms with Crippen molar-refractivity contribution < 1.29 is 117 Å². The molecular weight excluding hydrogens is 1700 g/mol. The van der Waals surface area contributed by atoms with Crippen LogP contribution in [0.3, 0.4) is 0 Å². The molecule has 514 valence electrons. The third-order valence-electron chi connectivity index (χ3n) is 16.8. The normalized spacial score (nSPS) is 15.4. The molecular formula is C72H64Br4N4O16Rh2. The first-order valence-corrected chi connectivity index (χ1v) is 33.0. The van der Waals surface area contributed by atoms with E-state index in [0.29, 0.717) is 66.1 Å². The van der Waals surface area contributed by atoms with Crippen LogP contribution in [-0.2, 0) is 58.1 Å². The Balaban J connectivity index is 0.000000183. The van der Waals surface area contributed by atoms with Crippen LogP contribution >= 0.6 is 63.7 Å². The number of nitrogens with zero attached hydrogens (tertiary/aromatic N) is 4. The minimum atomic E-state index is -1.25. The van der Waals surface area contributed by atoms with Gasteiger partial charge in [-0.15, -0.1) is 0 Å². The fourth-order valence-electron chi connectivity index (χ4n) is 12.7. The fraction of sp³-hybridized carbons (Fsp3) is 0.278. The monoisotopic (exact) mass is 1760 g/mol. The van der Waals surface area contributed by atoms with Gasteiger partial charge in [0.2, 0.25) is 0 Å². The topological polar surface area (TPSA) is 299 Å². The molecule has 4 aliphatic rings. The van der Waals surface area contributed by atoms with Gasteiger partial charge >= 0.3 is 23.9 Å². The summed E-state index contributed by atoms with van der Waals surface area (Å²) in [4.78, 5) is 154. The van der Waals surface area contributed by atoms with Crippen molar-refractivity contribution >= 4 is 178 Å². The van der Waals surface area contributed by atoms with Crippen LogP contribution in [-0.4, -0.2) is 135 Å². The van der Waals surface area contributed by atoms with Gasteiger partial charge in [-0.25, -0.2) is 19.2 Å². The van der Waals surface area contributed by atoms with Gasteiger partial charge in [0.25, 0.3) is 47.3 Å². The number of carboxylic acids is 4. The first-order valence-electron chi connectivity index (χ1n) is 29.8. The number of carboxylic acid groups (broad SMARTS) is 4. The van der Waals surface area contributed by atoms with Gasteiger partial charge in [0, 0.05) is 123 Å². The van der Waals surface area contributed by atoms with Crippen molar-refractivity contribution in [2.45, 2.75) is 107 Å². The van der Waals surface area contributed by atoms with Crippen LogP contribution in [0.5, 0.6) is 0 Å². The zero-order valence-electron chi connectivity index (χ0n) is 54.5. The second kappa shape index (κ2) is 28.6. The Hall–Kier alpha value is -7.59. The molecule has 4 N–H and O–H groups in total. The third kappa shape index (κ3) is 13.9. The molecule has 4 aliphatic heterocycles. The van der Waals surface area contributed by atoms with E-state index in [1.54, 1.807) is 180 Å². The van der Waals surface area contributed by atoms with Gasteiger partial charge < -0.3 is 20.4 Å². The summed E-state index contributed by atoms with van der Waals surface area (Å²) in [5, 5.41) is 43.8. The van der Waals surface area contributed by atoms with E-state index in [9.17, 15) is 78.0 Å². The van der Waals surface area contributed by atoms with Gasteiger partial charge in [0.05, 0.1) is 0 Å². The van der Waals surface area contributed by atoms with Crippen LogP contribution in [0.25, 0.3) is 43.1 Å². The third-order valence-corrected chi connectivity index (χ3v) is 19.6. The maximum atomic E-state index is 12.9. The molecule has 8 aromatic carbocycles. The summed E-state index contributed by atoms with van der Waals surface area (Å²) < 4.78 is 3.12. The molecule has 2 radical (unpaired) electrons. The van der Waals surface area contributed by atoms with Crippen molar-refractivity contribution in [3.63, 3.8) is 0 Å². The number of halogens is 4. The summed E-state index contributed by atoms with van der Waals surface area (Å²) >= 11 is 13.7. The molecule has 0 saturated carbocycles. The number of carbonyl (C=O) groups excluding carboxylic acids is 8. The van der Waals surface area contributed by atoms with E-state index in [1.807, 2.05) is 24.3 Å². The average Bonchev–Trinajstić information content (AvgIpc) is 0.754. The molecule has 0 aromatic heterocycles. The quantitative estimate of drug-likeness (QED) is 0.0812. The van der Waals surface area contributed by atoms with Gasteiger partial charge in [-0.2, -0.15) is 0 Å². The standard InChI is InChI=1S/4C18H16BrNO4.2Rh/c4*1-18(2,3)14(17(23)24)20-15(21)10-6-4-5-9-12(19)8-7-11(13(9)10)16(20)22;;/h4*4-8,14H,1-3H3,(H,23,24);;/t4*14-;;/m0000../s1. The zero-order valence-corrected chi connectivity index (χ0v) is 64.1. The maximum Gasteiger partial charge on any atom is 0.327 e. The van der Waals surface area contributed by atoms with Crippen molar-refractivity contribution in [3.05, 3.63) is 184 Å². The second-order valence-electron chi connectivity index (χ2n) is 27.6. The molecule has 12 rings (SSSR count). The first kappa shape index (κ1) is 77.8. The SMILES string of the molecule is CC(C)(C)[C@H](C(=O)O)N1C(=O)c2cccc3c(Br)ccc(c23)C1=O.CC(C)(C)[C@H](C(=O)O)N1C(=O)c2cccc3c(Br)ccc(c23)C1=O.CC(C)(C)[C@H](C(=O)O)N1C(=O)c2cccc3c(Br)ccc(c23)C1=O.CC(C)(C)[C@H](C(=O)O)N1C(=O)c2cccc3c(Br)ccc(c23)C1=O.[Rh].[Rh]. The molecule has 4 heterocycles. The molecule has 20 nitrogen and oxygen atoms in total. The van der Waals surface area contributed by atoms with Gasteiger partial charge in [0.1, 0.15) is 24.2 Å². The Morgan fingerprint density at radius 3 is 0.551 bits per heavy atom. The minimum absolute atomic E-state index is 0. The summed E-state index contributed by atoms with van der Waals surface area (Å²) in [6.07, 6.45) is 0. The van der Waals surface area contributed by atoms with Crippen LogP contribution < -0.4 is 0 Å². The number of hydrogen-bond acceptors (Lipinski definition) is 12. The van der Waals surface area contributed by atoms with Crippen molar-refractivity contribution in [2.24, 2.45) is 21.7 Å². The van der Waals surface area contributed by atoms with E-state index < -0.39 is 117 Å². The summed E-state index contributed by atoms with van der Waals surface area (Å²) in [5.41, 5.74) is -0.405. The molecule has 0 unspecified atom stereocenters. The van der Waals surface area contributed by atoms with Crippen molar-refractivity contribution in [2.75, 3.05) is 0 Å². The Morgan fingerprint density at radius 2 is 0.418 bits per heavy atom. The average molecular weight is 1770 g/mol. The Morgan fingerprint density at radius 1 is 0.276 bits per heavy atom. The molecule has 0 fully saturated rings. The molecule has 4 atom stereocenters. The molecule has 26 heteroatoms. The molecule has 0 spiro atoms. The molecule has 8 aromatic rings. The number of hydrogen-bond donors (Lipinski definition) is 4. The van der Waals surface area contributed by atoms with E-state index in [4.69, 9.17) is 0 Å². The number of rotatable bonds is 8. The second-order valence-corrected chi connectivity index (χ2v) is 31.1. The fourth-order valence-corrected chi connectivity index (χ4v) is 14.6. The van der Waals surface area contributed by atoms with Crippen LogP contribution in [0.2, 0.25) is 0 Å². The van der Waals surface area contributed by atoms with Crippen LogP contribution in [0.15, 0.2) is 139 Å². The maximum absolute atomic E-state index is 12.9. The predicted octanol–water partition coefficient (Wildman–Crippen LogP) is 14.8. The van der Waals surface area contributed by atoms with Crippen LogP contribution in [0.4, 0.5) is 0 Å². The predicted molar refractivity (Wildman–Crippen MR) is 372 cm³/mol. The van der Waals surface area contributed by atoms with E-state index in [-0.39, 0.29) is 39.0 Å². The number of carbonyl (C=O) groups is 12. The number of amides is 8. The van der Waals surface area contributed by atoms with Crippen LogP contribution in [0.1, 0.15) is 166 Å².